The number of unbranched alkanes of at least 4 members (excludes halogenated alkanes) is 1. The Labute approximate surface area is 121 Å². The Hall–Kier alpha value is -0.580. The molecule has 19 heavy (non-hydrogen) atoms. The molecular weight excluding hydrogens is 282 g/mol. The summed E-state index contributed by atoms with van der Waals surface area (Å²) in [5, 5.41) is 0. The highest BCUT2D eigenvalue weighted by Gasteiger charge is 2.21. The average molecular weight is 304 g/mol. The van der Waals surface area contributed by atoms with Gasteiger partial charge in [0.15, 0.2) is 0 Å². The largest absolute Gasteiger partial charge is 0.212 e. The van der Waals surface area contributed by atoms with Gasteiger partial charge < -0.3 is 0 Å². The highest BCUT2D eigenvalue weighted by atomic mass is 35.5. The third-order valence-electron chi connectivity index (χ3n) is 2.93. The smallest absolute Gasteiger partial charge is 0.212 e. The predicted octanol–water partition coefficient (Wildman–Crippen LogP) is 3.32. The molecule has 1 unspecified atom stereocenters. The maximum atomic E-state index is 12.0. The van der Waals surface area contributed by atoms with Crippen LogP contribution in [0.1, 0.15) is 38.3 Å². The van der Waals surface area contributed by atoms with Crippen LogP contribution < -0.4 is 4.72 Å². The Morgan fingerprint density at radius 1 is 1.16 bits per heavy atom. The van der Waals surface area contributed by atoms with Crippen molar-refractivity contribution in [2.75, 3.05) is 11.6 Å². The minimum absolute atomic E-state index is 0.135. The molecule has 0 aliphatic rings. The summed E-state index contributed by atoms with van der Waals surface area (Å²) in [5.41, 5.74) is 0.999. The van der Waals surface area contributed by atoms with Crippen LogP contribution in [0.25, 0.3) is 0 Å². The summed E-state index contributed by atoms with van der Waals surface area (Å²) >= 11 is 5.57. The summed E-state index contributed by atoms with van der Waals surface area (Å²) in [6, 6.07) is 9.49. The molecule has 1 atom stereocenters. The van der Waals surface area contributed by atoms with Gasteiger partial charge in [0, 0.05) is 11.9 Å². The van der Waals surface area contributed by atoms with E-state index in [9.17, 15) is 8.42 Å². The van der Waals surface area contributed by atoms with Gasteiger partial charge in [0.25, 0.3) is 0 Å². The lowest BCUT2D eigenvalue weighted by Crippen LogP contribution is -2.33. The lowest BCUT2D eigenvalue weighted by atomic mass is 9.97. The Morgan fingerprint density at radius 3 is 2.32 bits per heavy atom. The van der Waals surface area contributed by atoms with Crippen LogP contribution in [0, 0.1) is 5.92 Å². The minimum atomic E-state index is -3.25. The third-order valence-corrected chi connectivity index (χ3v) is 4.64. The fourth-order valence-electron chi connectivity index (χ4n) is 1.89. The van der Waals surface area contributed by atoms with Crippen LogP contribution in [0.2, 0.25) is 0 Å². The van der Waals surface area contributed by atoms with Crippen LogP contribution >= 0.6 is 11.6 Å². The number of benzene rings is 1. The SMILES string of the molecule is CC(C)C(NS(=O)(=O)CCCCCl)c1ccccc1. The average Bonchev–Trinajstić information content (AvgIpc) is 2.37. The van der Waals surface area contributed by atoms with Crippen molar-refractivity contribution in [3.8, 4) is 0 Å². The molecule has 1 aromatic carbocycles. The van der Waals surface area contributed by atoms with Gasteiger partial charge >= 0.3 is 0 Å². The first kappa shape index (κ1) is 16.5. The molecule has 3 nitrogen and oxygen atoms in total. The van der Waals surface area contributed by atoms with Gasteiger partial charge in [-0.1, -0.05) is 44.2 Å². The zero-order chi connectivity index (χ0) is 14.3. The summed E-state index contributed by atoms with van der Waals surface area (Å²) < 4.78 is 26.9. The summed E-state index contributed by atoms with van der Waals surface area (Å²) in [5.74, 6) is 0.836. The number of nitrogens with one attached hydrogen (secondary N) is 1. The molecule has 0 amide bonds. The van der Waals surface area contributed by atoms with Crippen molar-refractivity contribution >= 4 is 21.6 Å². The number of hydrogen-bond acceptors (Lipinski definition) is 2. The van der Waals surface area contributed by atoms with Crippen LogP contribution in [-0.2, 0) is 10.0 Å². The molecule has 5 heteroatoms. The van der Waals surface area contributed by atoms with Crippen molar-refractivity contribution in [1.82, 2.24) is 4.72 Å². The van der Waals surface area contributed by atoms with E-state index in [1.807, 2.05) is 44.2 Å². The number of alkyl halides is 1. The lowest BCUT2D eigenvalue weighted by molar-refractivity contribution is 0.462. The van der Waals surface area contributed by atoms with Gasteiger partial charge in [-0.2, -0.15) is 0 Å². The molecule has 0 radical (unpaired) electrons. The van der Waals surface area contributed by atoms with E-state index in [0.29, 0.717) is 12.3 Å². The van der Waals surface area contributed by atoms with Crippen LogP contribution in [0.4, 0.5) is 0 Å². The van der Waals surface area contributed by atoms with Crippen LogP contribution in [0.3, 0.4) is 0 Å². The standard InChI is InChI=1S/C14H22ClNO2S/c1-12(2)14(13-8-4-3-5-9-13)16-19(17,18)11-7-6-10-15/h3-5,8-9,12,14,16H,6-7,10-11H2,1-2H3. The molecule has 0 heterocycles. The molecule has 1 rings (SSSR count). The minimum Gasteiger partial charge on any atom is -0.212 e. The van der Waals surface area contributed by atoms with Crippen molar-refractivity contribution in [2.24, 2.45) is 5.92 Å². The molecule has 0 fully saturated rings. The first-order valence-corrected chi connectivity index (χ1v) is 8.76. The molecule has 0 bridgehead atoms. The van der Waals surface area contributed by atoms with Crippen molar-refractivity contribution in [3.63, 3.8) is 0 Å². The molecule has 0 saturated carbocycles. The van der Waals surface area contributed by atoms with Crippen LogP contribution in [0.5, 0.6) is 0 Å². The number of halogens is 1. The molecule has 0 saturated heterocycles. The molecule has 0 aliphatic carbocycles. The highest BCUT2D eigenvalue weighted by molar-refractivity contribution is 7.89. The van der Waals surface area contributed by atoms with Crippen molar-refractivity contribution < 1.29 is 8.42 Å². The molecule has 1 aromatic rings. The van der Waals surface area contributed by atoms with Gasteiger partial charge in [-0.05, 0) is 24.3 Å². The monoisotopic (exact) mass is 303 g/mol. The van der Waals surface area contributed by atoms with E-state index in [2.05, 4.69) is 4.72 Å². The van der Waals surface area contributed by atoms with Gasteiger partial charge in [0.2, 0.25) is 10.0 Å². The highest BCUT2D eigenvalue weighted by Crippen LogP contribution is 2.22. The summed E-state index contributed by atoms with van der Waals surface area (Å²) in [6.07, 6.45) is 1.32. The van der Waals surface area contributed by atoms with Gasteiger partial charge in [-0.15, -0.1) is 11.6 Å². The zero-order valence-electron chi connectivity index (χ0n) is 11.5. The van der Waals surface area contributed by atoms with E-state index in [-0.39, 0.29) is 17.7 Å². The summed E-state index contributed by atoms with van der Waals surface area (Å²) in [7, 11) is -3.25. The Balaban J connectivity index is 2.74. The van der Waals surface area contributed by atoms with E-state index in [1.165, 1.54) is 0 Å². The Morgan fingerprint density at radius 2 is 1.79 bits per heavy atom. The summed E-state index contributed by atoms with van der Waals surface area (Å²) in [6.45, 7) is 4.03. The van der Waals surface area contributed by atoms with E-state index in [4.69, 9.17) is 11.6 Å². The second kappa shape index (κ2) is 7.88. The van der Waals surface area contributed by atoms with Crippen molar-refractivity contribution in [2.45, 2.75) is 32.7 Å². The molecule has 0 aromatic heterocycles. The van der Waals surface area contributed by atoms with E-state index >= 15 is 0 Å². The molecule has 108 valence electrons. The molecule has 1 N–H and O–H groups in total. The molecule has 0 spiro atoms. The van der Waals surface area contributed by atoms with E-state index in [0.717, 1.165) is 12.0 Å². The lowest BCUT2D eigenvalue weighted by Gasteiger charge is -2.22. The second-order valence-electron chi connectivity index (χ2n) is 4.97. The third kappa shape index (κ3) is 5.93. The normalized spacial score (nSPS) is 13.7. The number of rotatable bonds is 8. The van der Waals surface area contributed by atoms with E-state index in [1.54, 1.807) is 0 Å². The number of sulfonamides is 1. The zero-order valence-corrected chi connectivity index (χ0v) is 13.0. The Kier molecular flexibility index (Phi) is 6.83. The van der Waals surface area contributed by atoms with Gasteiger partial charge in [-0.25, -0.2) is 13.1 Å². The van der Waals surface area contributed by atoms with Gasteiger partial charge in [0.1, 0.15) is 0 Å². The van der Waals surface area contributed by atoms with Gasteiger partial charge in [0.05, 0.1) is 5.75 Å². The topological polar surface area (TPSA) is 46.2 Å². The molecular formula is C14H22ClNO2S. The van der Waals surface area contributed by atoms with Crippen molar-refractivity contribution in [3.05, 3.63) is 35.9 Å². The maximum Gasteiger partial charge on any atom is 0.212 e. The summed E-state index contributed by atoms with van der Waals surface area (Å²) in [4.78, 5) is 0. The van der Waals surface area contributed by atoms with Gasteiger partial charge in [-0.3, -0.25) is 0 Å². The fraction of sp³-hybridized carbons (Fsp3) is 0.571. The quantitative estimate of drug-likeness (QED) is 0.591. The second-order valence-corrected chi connectivity index (χ2v) is 7.22. The predicted molar refractivity (Wildman–Crippen MR) is 80.9 cm³/mol. The number of hydrogen-bond donors (Lipinski definition) is 1. The first-order valence-electron chi connectivity index (χ1n) is 6.57. The van der Waals surface area contributed by atoms with Crippen molar-refractivity contribution in [1.29, 1.82) is 0 Å². The molecule has 0 aliphatic heterocycles. The first-order chi connectivity index (χ1) is 8.96. The van der Waals surface area contributed by atoms with Crippen LogP contribution in [-0.4, -0.2) is 20.1 Å². The maximum absolute atomic E-state index is 12.0. The Bertz CT molecular complexity index is 460. The van der Waals surface area contributed by atoms with Crippen LogP contribution in [0.15, 0.2) is 30.3 Å². The fourth-order valence-corrected chi connectivity index (χ4v) is 3.57. The van der Waals surface area contributed by atoms with E-state index < -0.39 is 10.0 Å².